The molecule has 0 aromatic rings. The predicted molar refractivity (Wildman–Crippen MR) is 72.9 cm³/mol. The lowest BCUT2D eigenvalue weighted by molar-refractivity contribution is -0.146. The molecule has 1 unspecified atom stereocenters. The molecule has 106 valence electrons. The minimum Gasteiger partial charge on any atom is -0.481 e. The predicted octanol–water partition coefficient (Wildman–Crippen LogP) is 3.39. The van der Waals surface area contributed by atoms with Gasteiger partial charge in [0.25, 0.3) is 0 Å². The molecular weight excluding hydrogens is 244 g/mol. The summed E-state index contributed by atoms with van der Waals surface area (Å²) in [6.45, 7) is 3.86. The molecule has 0 aromatic carbocycles. The zero-order valence-electron chi connectivity index (χ0n) is 11.6. The minimum absolute atomic E-state index is 0.0845. The summed E-state index contributed by atoms with van der Waals surface area (Å²) in [7, 11) is 0. The van der Waals surface area contributed by atoms with E-state index in [2.05, 4.69) is 6.92 Å². The van der Waals surface area contributed by atoms with Crippen LogP contribution in [0.4, 0.5) is 0 Å². The lowest BCUT2D eigenvalue weighted by Gasteiger charge is -2.30. The first-order chi connectivity index (χ1) is 8.91. The fraction of sp³-hybridized carbons (Fsp3) is 0.600. The smallest absolute Gasteiger partial charge is 0.331 e. The van der Waals surface area contributed by atoms with Crippen LogP contribution < -0.4 is 0 Å². The summed E-state index contributed by atoms with van der Waals surface area (Å²) >= 11 is 0. The maximum absolute atomic E-state index is 11.6. The number of unbranched alkanes of at least 4 members (excludes halogenated alkanes) is 3. The molecule has 0 saturated carbocycles. The van der Waals surface area contributed by atoms with E-state index < -0.39 is 17.4 Å². The summed E-state index contributed by atoms with van der Waals surface area (Å²) in [5.74, 6) is -1.94. The Labute approximate surface area is 113 Å². The molecule has 2 N–H and O–H groups in total. The van der Waals surface area contributed by atoms with E-state index in [1.54, 1.807) is 19.1 Å². The van der Waals surface area contributed by atoms with Crippen molar-refractivity contribution in [3.63, 3.8) is 0 Å². The van der Waals surface area contributed by atoms with Crippen LogP contribution in [0, 0.1) is 5.41 Å². The molecule has 0 spiro atoms. The Hall–Kier alpha value is -1.58. The van der Waals surface area contributed by atoms with Gasteiger partial charge in [-0.2, -0.15) is 0 Å². The Morgan fingerprint density at radius 2 is 1.95 bits per heavy atom. The summed E-state index contributed by atoms with van der Waals surface area (Å²) in [6, 6.07) is 0. The van der Waals surface area contributed by atoms with Crippen molar-refractivity contribution in [3.05, 3.63) is 23.3 Å². The van der Waals surface area contributed by atoms with Crippen molar-refractivity contribution in [1.29, 1.82) is 0 Å². The van der Waals surface area contributed by atoms with E-state index in [9.17, 15) is 14.7 Å². The van der Waals surface area contributed by atoms with E-state index in [4.69, 9.17) is 5.11 Å². The second-order valence-corrected chi connectivity index (χ2v) is 5.31. The topological polar surface area (TPSA) is 74.6 Å². The molecule has 1 aliphatic rings. The number of carboxylic acids is 2. The summed E-state index contributed by atoms with van der Waals surface area (Å²) in [5, 5.41) is 18.6. The molecule has 0 radical (unpaired) electrons. The van der Waals surface area contributed by atoms with Crippen molar-refractivity contribution in [1.82, 2.24) is 0 Å². The van der Waals surface area contributed by atoms with E-state index >= 15 is 0 Å². The molecule has 0 aliphatic heterocycles. The molecule has 0 heterocycles. The van der Waals surface area contributed by atoms with Crippen molar-refractivity contribution in [2.75, 3.05) is 0 Å². The SMILES string of the molecule is CCCCCCC1(C(=O)O)C=C(C)C=C(C(=O)O)C1. The molecule has 0 amide bonds. The molecular formula is C15H22O4. The molecule has 1 rings (SSSR count). The Bertz CT molecular complexity index is 420. The highest BCUT2D eigenvalue weighted by molar-refractivity contribution is 5.90. The maximum Gasteiger partial charge on any atom is 0.331 e. The third-order valence-corrected chi connectivity index (χ3v) is 3.59. The Morgan fingerprint density at radius 1 is 1.26 bits per heavy atom. The highest BCUT2D eigenvalue weighted by Gasteiger charge is 2.39. The van der Waals surface area contributed by atoms with E-state index in [1.165, 1.54) is 0 Å². The first-order valence-corrected chi connectivity index (χ1v) is 6.78. The van der Waals surface area contributed by atoms with Gasteiger partial charge in [-0.3, -0.25) is 4.79 Å². The van der Waals surface area contributed by atoms with Crippen LogP contribution in [-0.4, -0.2) is 22.2 Å². The highest BCUT2D eigenvalue weighted by atomic mass is 16.4. The molecule has 1 atom stereocenters. The zero-order chi connectivity index (χ0) is 14.5. The lowest BCUT2D eigenvalue weighted by atomic mass is 9.73. The van der Waals surface area contributed by atoms with Crippen molar-refractivity contribution in [3.8, 4) is 0 Å². The molecule has 4 nitrogen and oxygen atoms in total. The number of rotatable bonds is 7. The third-order valence-electron chi connectivity index (χ3n) is 3.59. The fourth-order valence-electron chi connectivity index (χ4n) is 2.60. The van der Waals surface area contributed by atoms with Crippen LogP contribution in [-0.2, 0) is 9.59 Å². The Morgan fingerprint density at radius 3 is 2.47 bits per heavy atom. The van der Waals surface area contributed by atoms with Crippen LogP contribution in [0.2, 0.25) is 0 Å². The molecule has 19 heavy (non-hydrogen) atoms. The fourth-order valence-corrected chi connectivity index (χ4v) is 2.60. The van der Waals surface area contributed by atoms with Crippen molar-refractivity contribution >= 4 is 11.9 Å². The number of hydrogen-bond acceptors (Lipinski definition) is 2. The van der Waals surface area contributed by atoms with Crippen LogP contribution in [0.3, 0.4) is 0 Å². The normalized spacial score (nSPS) is 22.6. The van der Waals surface area contributed by atoms with Gasteiger partial charge in [0.2, 0.25) is 0 Å². The van der Waals surface area contributed by atoms with Crippen LogP contribution in [0.25, 0.3) is 0 Å². The number of hydrogen-bond donors (Lipinski definition) is 2. The van der Waals surface area contributed by atoms with Gasteiger partial charge in [-0.15, -0.1) is 0 Å². The van der Waals surface area contributed by atoms with Crippen LogP contribution in [0.5, 0.6) is 0 Å². The molecule has 4 heteroatoms. The summed E-state index contributed by atoms with van der Waals surface area (Å²) in [6.07, 6.45) is 7.85. The minimum atomic E-state index is -1.04. The van der Waals surface area contributed by atoms with Gasteiger partial charge in [-0.05, 0) is 25.8 Å². The molecule has 1 aliphatic carbocycles. The summed E-state index contributed by atoms with van der Waals surface area (Å²) < 4.78 is 0. The van der Waals surface area contributed by atoms with Gasteiger partial charge in [-0.25, -0.2) is 4.79 Å². The quantitative estimate of drug-likeness (QED) is 0.693. The largest absolute Gasteiger partial charge is 0.481 e. The molecule has 0 aromatic heterocycles. The van der Waals surface area contributed by atoms with Gasteiger partial charge in [-0.1, -0.05) is 44.3 Å². The summed E-state index contributed by atoms with van der Waals surface area (Å²) in [5.41, 5.74) is -0.125. The van der Waals surface area contributed by atoms with Crippen molar-refractivity contribution < 1.29 is 19.8 Å². The molecule has 0 bridgehead atoms. The number of allylic oxidation sites excluding steroid dienone is 2. The second-order valence-electron chi connectivity index (χ2n) is 5.31. The van der Waals surface area contributed by atoms with Crippen LogP contribution >= 0.6 is 0 Å². The third kappa shape index (κ3) is 3.94. The maximum atomic E-state index is 11.6. The highest BCUT2D eigenvalue weighted by Crippen LogP contribution is 2.39. The van der Waals surface area contributed by atoms with Gasteiger partial charge in [0.05, 0.1) is 5.41 Å². The van der Waals surface area contributed by atoms with Crippen molar-refractivity contribution in [2.24, 2.45) is 5.41 Å². The Kier molecular flexibility index (Phi) is 5.33. The van der Waals surface area contributed by atoms with Gasteiger partial charge >= 0.3 is 11.9 Å². The van der Waals surface area contributed by atoms with Crippen molar-refractivity contribution in [2.45, 2.75) is 52.4 Å². The van der Waals surface area contributed by atoms with E-state index in [1.807, 2.05) is 0 Å². The second kappa shape index (κ2) is 6.55. The van der Waals surface area contributed by atoms with Crippen LogP contribution in [0.1, 0.15) is 52.4 Å². The molecule has 0 saturated heterocycles. The van der Waals surface area contributed by atoms with Gasteiger partial charge in [0.15, 0.2) is 0 Å². The first kappa shape index (κ1) is 15.5. The van der Waals surface area contributed by atoms with Gasteiger partial charge in [0, 0.05) is 5.57 Å². The first-order valence-electron chi connectivity index (χ1n) is 6.78. The van der Waals surface area contributed by atoms with Crippen LogP contribution in [0.15, 0.2) is 23.3 Å². The van der Waals surface area contributed by atoms with Gasteiger partial charge < -0.3 is 10.2 Å². The van der Waals surface area contributed by atoms with Gasteiger partial charge in [0.1, 0.15) is 0 Å². The monoisotopic (exact) mass is 266 g/mol. The average Bonchev–Trinajstić information content (AvgIpc) is 2.33. The number of aliphatic carboxylic acids is 2. The van der Waals surface area contributed by atoms with E-state index in [0.29, 0.717) is 6.42 Å². The number of carbonyl (C=O) groups is 2. The van der Waals surface area contributed by atoms with E-state index in [0.717, 1.165) is 31.3 Å². The Balaban J connectivity index is 2.86. The van der Waals surface area contributed by atoms with E-state index in [-0.39, 0.29) is 12.0 Å². The molecule has 0 fully saturated rings. The number of carboxylic acid groups (broad SMARTS) is 2. The summed E-state index contributed by atoms with van der Waals surface area (Å²) in [4.78, 5) is 22.7. The average molecular weight is 266 g/mol. The standard InChI is InChI=1S/C15H22O4/c1-3-4-5-6-7-15(14(18)19)9-11(2)8-12(10-15)13(16)17/h8-9H,3-7,10H2,1-2H3,(H,16,17)(H,18,19). The zero-order valence-corrected chi connectivity index (χ0v) is 11.6. The lowest BCUT2D eigenvalue weighted by Crippen LogP contribution is -2.32.